The van der Waals surface area contributed by atoms with Crippen molar-refractivity contribution in [3.05, 3.63) is 71.3 Å². The third kappa shape index (κ3) is 3.80. The number of benzene rings is 1. The van der Waals surface area contributed by atoms with Gasteiger partial charge in [0, 0.05) is 36.6 Å². The number of rotatable bonds is 5. The molecule has 1 saturated heterocycles. The minimum Gasteiger partial charge on any atom is -0.467 e. The summed E-state index contributed by atoms with van der Waals surface area (Å²) in [5.74, 6) is 0.132. The largest absolute Gasteiger partial charge is 0.467 e. The molecule has 0 saturated carbocycles. The lowest BCUT2D eigenvalue weighted by atomic mass is 9.82. The number of pyridine rings is 1. The quantitative estimate of drug-likeness (QED) is 0.421. The second-order valence-corrected chi connectivity index (χ2v) is 9.08. The van der Waals surface area contributed by atoms with Gasteiger partial charge in [0.25, 0.3) is 0 Å². The molecule has 0 aliphatic carbocycles. The number of aromatic nitrogens is 5. The third-order valence-electron chi connectivity index (χ3n) is 6.89. The highest BCUT2D eigenvalue weighted by Gasteiger charge is 2.28. The molecule has 35 heavy (non-hydrogen) atoms. The molecule has 178 valence electrons. The van der Waals surface area contributed by atoms with E-state index in [1.54, 1.807) is 11.5 Å². The first kappa shape index (κ1) is 21.6. The predicted octanol–water partition coefficient (Wildman–Crippen LogP) is 4.60. The Hall–Kier alpha value is -3.88. The Kier molecular flexibility index (Phi) is 5.20. The predicted molar refractivity (Wildman–Crippen MR) is 128 cm³/mol. The fraction of sp³-hybridized carbons (Fsp3) is 0.308. The van der Waals surface area contributed by atoms with Crippen molar-refractivity contribution in [2.24, 2.45) is 5.92 Å². The number of methoxy groups -OCH3 is 1. The maximum Gasteiger partial charge on any atom is 0.318 e. The van der Waals surface area contributed by atoms with Crippen molar-refractivity contribution in [1.82, 2.24) is 29.4 Å². The van der Waals surface area contributed by atoms with Gasteiger partial charge in [-0.2, -0.15) is 9.97 Å². The molecule has 3 aliphatic rings. The summed E-state index contributed by atoms with van der Waals surface area (Å²) in [7, 11) is 1.49. The number of fused-ring (bicyclic) bond motifs is 3. The lowest BCUT2D eigenvalue weighted by molar-refractivity contribution is 0.252. The number of imidazole rings is 1. The molecule has 0 spiro atoms. The van der Waals surface area contributed by atoms with Crippen LogP contribution in [0.2, 0.25) is 0 Å². The van der Waals surface area contributed by atoms with Gasteiger partial charge in [-0.15, -0.1) is 0 Å². The minimum atomic E-state index is -0.482. The molecule has 3 aromatic heterocycles. The monoisotopic (exact) mass is 474 g/mol. The molecule has 0 N–H and O–H groups in total. The summed E-state index contributed by atoms with van der Waals surface area (Å²) >= 11 is 0. The van der Waals surface area contributed by atoms with Gasteiger partial charge in [0.1, 0.15) is 23.0 Å². The minimum absolute atomic E-state index is 0.156. The van der Waals surface area contributed by atoms with Crippen LogP contribution in [0.4, 0.5) is 8.78 Å². The van der Waals surface area contributed by atoms with Gasteiger partial charge in [-0.1, -0.05) is 6.07 Å². The smallest absolute Gasteiger partial charge is 0.318 e. The van der Waals surface area contributed by atoms with Gasteiger partial charge in [0.2, 0.25) is 0 Å². The van der Waals surface area contributed by atoms with E-state index < -0.39 is 5.82 Å². The van der Waals surface area contributed by atoms with Crippen molar-refractivity contribution in [3.63, 3.8) is 0 Å². The van der Waals surface area contributed by atoms with Crippen LogP contribution in [0, 0.1) is 24.5 Å². The zero-order chi connectivity index (χ0) is 24.1. The van der Waals surface area contributed by atoms with E-state index in [1.807, 2.05) is 12.1 Å². The number of ether oxygens (including phenoxy) is 1. The van der Waals surface area contributed by atoms with Crippen molar-refractivity contribution in [2.75, 3.05) is 20.2 Å². The topological polar surface area (TPSA) is 69.0 Å². The van der Waals surface area contributed by atoms with Crippen molar-refractivity contribution in [1.29, 1.82) is 0 Å². The van der Waals surface area contributed by atoms with Gasteiger partial charge in [0.05, 0.1) is 25.5 Å². The van der Waals surface area contributed by atoms with Crippen LogP contribution in [-0.4, -0.2) is 49.6 Å². The molecular weight excluding hydrogens is 450 g/mol. The molecule has 7 nitrogen and oxygen atoms in total. The Morgan fingerprint density at radius 3 is 2.57 bits per heavy atom. The Labute approximate surface area is 201 Å². The van der Waals surface area contributed by atoms with Crippen LogP contribution in [-0.2, 0) is 6.54 Å². The van der Waals surface area contributed by atoms with Crippen LogP contribution in [0.1, 0.15) is 29.7 Å². The second-order valence-electron chi connectivity index (χ2n) is 9.08. The van der Waals surface area contributed by atoms with Crippen LogP contribution in [0.5, 0.6) is 6.01 Å². The van der Waals surface area contributed by atoms with Gasteiger partial charge in [-0.3, -0.25) is 4.98 Å². The van der Waals surface area contributed by atoms with Crippen LogP contribution in [0.3, 0.4) is 0 Å². The Morgan fingerprint density at radius 1 is 1.03 bits per heavy atom. The lowest BCUT2D eigenvalue weighted by Crippen LogP contribution is -2.35. The molecule has 1 fully saturated rings. The number of halogens is 2. The number of hydrogen-bond acceptors (Lipinski definition) is 6. The normalized spacial score (nSPS) is 15.7. The first-order chi connectivity index (χ1) is 17.0. The molecule has 3 aliphatic heterocycles. The molecule has 9 heteroatoms. The molecule has 0 unspecified atom stereocenters. The number of allylic oxidation sites excluding steroid dienone is 1. The number of nitrogens with zero attached hydrogens (tertiary/aromatic N) is 6. The lowest BCUT2D eigenvalue weighted by Gasteiger charge is -2.39. The third-order valence-corrected chi connectivity index (χ3v) is 6.89. The number of aryl methyl sites for hydroxylation is 1. The zero-order valence-electron chi connectivity index (χ0n) is 19.5. The van der Waals surface area contributed by atoms with Crippen LogP contribution in [0.25, 0.3) is 28.1 Å². The zero-order valence-corrected chi connectivity index (χ0v) is 19.5. The van der Waals surface area contributed by atoms with Gasteiger partial charge < -0.3 is 14.2 Å². The summed E-state index contributed by atoms with van der Waals surface area (Å²) in [6.45, 7) is 4.12. The van der Waals surface area contributed by atoms with Gasteiger partial charge in [-0.25, -0.2) is 13.8 Å². The average Bonchev–Trinajstić information content (AvgIpc) is 3.24. The Morgan fingerprint density at radius 2 is 1.86 bits per heavy atom. The summed E-state index contributed by atoms with van der Waals surface area (Å²) in [4.78, 5) is 19.8. The van der Waals surface area contributed by atoms with E-state index in [2.05, 4.69) is 26.1 Å². The first-order valence-corrected chi connectivity index (χ1v) is 11.6. The highest BCUT2D eigenvalue weighted by molar-refractivity contribution is 5.79. The molecule has 6 heterocycles. The summed E-state index contributed by atoms with van der Waals surface area (Å²) in [5.41, 5.74) is 4.90. The fourth-order valence-electron chi connectivity index (χ4n) is 5.11. The van der Waals surface area contributed by atoms with Gasteiger partial charge in [0.15, 0.2) is 5.65 Å². The SMILES string of the molecule is COc1nc(C)c2nc(-c3cncc(F)c3)n(Cc3cc(C4=CN5CCC4CC5)ccc3F)c2n1. The highest BCUT2D eigenvalue weighted by Crippen LogP contribution is 2.38. The van der Waals surface area contributed by atoms with E-state index in [4.69, 9.17) is 9.72 Å². The van der Waals surface area contributed by atoms with E-state index >= 15 is 4.39 Å². The van der Waals surface area contributed by atoms with Crippen molar-refractivity contribution < 1.29 is 13.5 Å². The number of piperidine rings is 1. The molecule has 1 aromatic carbocycles. The molecule has 7 rings (SSSR count). The summed E-state index contributed by atoms with van der Waals surface area (Å²) in [6.07, 6.45) is 7.13. The Bertz CT molecular complexity index is 1470. The maximum atomic E-state index is 15.1. The van der Waals surface area contributed by atoms with E-state index in [-0.39, 0.29) is 18.4 Å². The summed E-state index contributed by atoms with van der Waals surface area (Å²) in [5, 5.41) is 0. The summed E-state index contributed by atoms with van der Waals surface area (Å²) in [6, 6.07) is 6.83. The maximum absolute atomic E-state index is 15.1. The second kappa shape index (κ2) is 8.41. The average molecular weight is 475 g/mol. The van der Waals surface area contributed by atoms with E-state index in [1.165, 1.54) is 31.0 Å². The van der Waals surface area contributed by atoms with Crippen LogP contribution in [0.15, 0.2) is 42.9 Å². The van der Waals surface area contributed by atoms with Gasteiger partial charge >= 0.3 is 6.01 Å². The van der Waals surface area contributed by atoms with E-state index in [0.717, 1.165) is 37.7 Å². The highest BCUT2D eigenvalue weighted by atomic mass is 19.1. The standard InChI is InChI=1S/C26H24F2N6O/c1-15-23-25(32-26(30-15)35-2)34(24(31-23)18-10-20(27)12-29-11-18)13-19-9-17(3-4-22(19)28)21-14-33-7-5-16(21)6-8-33/h3-4,9-12,14,16H,5-8,13H2,1-2H3. The molecule has 0 amide bonds. The van der Waals surface area contributed by atoms with Crippen molar-refractivity contribution >= 4 is 16.7 Å². The Balaban J connectivity index is 1.50. The fourth-order valence-corrected chi connectivity index (χ4v) is 5.11. The van der Waals surface area contributed by atoms with E-state index in [0.29, 0.717) is 39.7 Å². The summed E-state index contributed by atoms with van der Waals surface area (Å²) < 4.78 is 36.2. The van der Waals surface area contributed by atoms with Crippen molar-refractivity contribution in [3.8, 4) is 17.4 Å². The number of hydrogen-bond donors (Lipinski definition) is 0. The van der Waals surface area contributed by atoms with Crippen molar-refractivity contribution in [2.45, 2.75) is 26.3 Å². The van der Waals surface area contributed by atoms with Crippen LogP contribution < -0.4 is 4.74 Å². The van der Waals surface area contributed by atoms with Gasteiger partial charge in [-0.05, 0) is 55.0 Å². The molecule has 0 atom stereocenters. The molecule has 4 aromatic rings. The van der Waals surface area contributed by atoms with Crippen LogP contribution >= 0.6 is 0 Å². The molecular formula is C26H24F2N6O. The first-order valence-electron chi connectivity index (χ1n) is 11.6. The molecule has 0 radical (unpaired) electrons. The van der Waals surface area contributed by atoms with E-state index in [9.17, 15) is 4.39 Å². The molecule has 2 bridgehead atoms.